The van der Waals surface area contributed by atoms with Crippen LogP contribution in [0.4, 0.5) is 5.69 Å². The standard InChI is InChI=1S/C30H42ClN3O3/c1-18(31)23-17-34(26-16-27(35)21-9-7-6-8-10-22(21)30(23)26)19(2)24-13-20-14-29(37-12-11-33(3)4)28(36-5)15-25(20)32-24/h14-16,18,21-24,32,35H,2,6-13,17H2,1,3-5H3/t18-,21?,22?,23+,24?/m1/s1. The summed E-state index contributed by atoms with van der Waals surface area (Å²) in [5.41, 5.74) is 5.86. The quantitative estimate of drug-likeness (QED) is 0.407. The van der Waals surface area contributed by atoms with Gasteiger partial charge in [-0.15, -0.1) is 11.6 Å². The monoisotopic (exact) mass is 527 g/mol. The molecule has 2 N–H and O–H groups in total. The fraction of sp³-hybridized carbons (Fsp3) is 0.600. The molecule has 1 saturated carbocycles. The third-order valence-electron chi connectivity index (χ3n) is 8.69. The highest BCUT2D eigenvalue weighted by Crippen LogP contribution is 2.51. The number of hydrogen-bond donors (Lipinski definition) is 2. The third kappa shape index (κ3) is 5.07. The highest BCUT2D eigenvalue weighted by Gasteiger charge is 2.45. The Labute approximate surface area is 226 Å². The normalized spacial score (nSPS) is 27.6. The van der Waals surface area contributed by atoms with Gasteiger partial charge >= 0.3 is 0 Å². The second-order valence-electron chi connectivity index (χ2n) is 11.4. The minimum atomic E-state index is 0.0280. The first kappa shape index (κ1) is 26.3. The van der Waals surface area contributed by atoms with Gasteiger partial charge in [0, 0.05) is 59.9 Å². The Hall–Kier alpha value is -2.31. The van der Waals surface area contributed by atoms with Gasteiger partial charge in [-0.05, 0) is 63.1 Å². The van der Waals surface area contributed by atoms with Crippen molar-refractivity contribution in [2.24, 2.45) is 17.8 Å². The molecule has 4 aliphatic rings. The van der Waals surface area contributed by atoms with Crippen molar-refractivity contribution in [2.75, 3.05) is 46.2 Å². The largest absolute Gasteiger partial charge is 0.512 e. The van der Waals surface area contributed by atoms with Crippen molar-refractivity contribution in [3.63, 3.8) is 0 Å². The van der Waals surface area contributed by atoms with Crippen LogP contribution in [0.25, 0.3) is 0 Å². The summed E-state index contributed by atoms with van der Waals surface area (Å²) in [6, 6.07) is 4.19. The zero-order valence-corrected chi connectivity index (χ0v) is 23.5. The number of halogens is 1. The van der Waals surface area contributed by atoms with Gasteiger partial charge < -0.3 is 29.7 Å². The van der Waals surface area contributed by atoms with E-state index in [2.05, 4.69) is 34.7 Å². The second-order valence-corrected chi connectivity index (χ2v) is 12.0. The number of rotatable bonds is 8. The van der Waals surface area contributed by atoms with Crippen molar-refractivity contribution in [3.05, 3.63) is 53.1 Å². The van der Waals surface area contributed by atoms with E-state index in [-0.39, 0.29) is 23.3 Å². The molecule has 0 radical (unpaired) electrons. The Bertz CT molecular complexity index is 1100. The van der Waals surface area contributed by atoms with Crippen LogP contribution in [0.3, 0.4) is 0 Å². The molecular formula is C30H42ClN3O3. The third-order valence-corrected chi connectivity index (χ3v) is 8.99. The van der Waals surface area contributed by atoms with Crippen molar-refractivity contribution in [1.82, 2.24) is 9.80 Å². The Balaban J connectivity index is 1.38. The number of nitrogens with one attached hydrogen (secondary N) is 1. The van der Waals surface area contributed by atoms with E-state index >= 15 is 0 Å². The molecule has 5 rings (SSSR count). The molecule has 0 aromatic heterocycles. The van der Waals surface area contributed by atoms with Gasteiger partial charge in [0.15, 0.2) is 11.5 Å². The molecular weight excluding hydrogens is 486 g/mol. The molecule has 202 valence electrons. The lowest BCUT2D eigenvalue weighted by molar-refractivity contribution is 0.250. The van der Waals surface area contributed by atoms with E-state index in [9.17, 15) is 5.11 Å². The summed E-state index contributed by atoms with van der Waals surface area (Å²) in [4.78, 5) is 4.43. The number of benzene rings is 1. The number of ether oxygens (including phenoxy) is 2. The smallest absolute Gasteiger partial charge is 0.162 e. The lowest BCUT2D eigenvalue weighted by Crippen LogP contribution is -2.32. The Morgan fingerprint density at radius 3 is 2.68 bits per heavy atom. The summed E-state index contributed by atoms with van der Waals surface area (Å²) >= 11 is 6.81. The molecule has 0 saturated heterocycles. The number of nitrogens with zero attached hydrogens (tertiary/aromatic N) is 2. The predicted octanol–water partition coefficient (Wildman–Crippen LogP) is 5.95. The van der Waals surface area contributed by atoms with Gasteiger partial charge in [-0.1, -0.05) is 25.8 Å². The summed E-state index contributed by atoms with van der Waals surface area (Å²) in [5, 5.41) is 14.8. The molecule has 1 aromatic carbocycles. The van der Waals surface area contributed by atoms with Crippen molar-refractivity contribution >= 4 is 17.3 Å². The molecule has 7 heteroatoms. The number of aliphatic hydroxyl groups excluding tert-OH is 1. The summed E-state index contributed by atoms with van der Waals surface area (Å²) < 4.78 is 11.7. The number of aliphatic hydroxyl groups is 1. The first-order valence-corrected chi connectivity index (χ1v) is 14.2. The van der Waals surface area contributed by atoms with E-state index in [1.165, 1.54) is 30.4 Å². The summed E-state index contributed by atoms with van der Waals surface area (Å²) in [6.45, 7) is 8.95. The first-order chi connectivity index (χ1) is 17.8. The molecule has 37 heavy (non-hydrogen) atoms. The van der Waals surface area contributed by atoms with Crippen LogP contribution in [0.2, 0.25) is 0 Å². The second kappa shape index (κ2) is 10.8. The first-order valence-electron chi connectivity index (χ1n) is 13.8. The van der Waals surface area contributed by atoms with Crippen LogP contribution in [0.1, 0.15) is 44.6 Å². The van der Waals surface area contributed by atoms with Crippen molar-refractivity contribution in [1.29, 1.82) is 0 Å². The van der Waals surface area contributed by atoms with E-state index in [0.717, 1.165) is 60.9 Å². The molecule has 1 aromatic rings. The van der Waals surface area contributed by atoms with Crippen LogP contribution >= 0.6 is 11.6 Å². The van der Waals surface area contributed by atoms with Crippen LogP contribution in [0.15, 0.2) is 47.5 Å². The Morgan fingerprint density at radius 1 is 1.22 bits per heavy atom. The molecule has 5 atom stereocenters. The molecule has 0 bridgehead atoms. The van der Waals surface area contributed by atoms with Crippen molar-refractivity contribution < 1.29 is 14.6 Å². The van der Waals surface area contributed by atoms with Gasteiger partial charge in [0.25, 0.3) is 0 Å². The SMILES string of the molecule is C=C(C1Cc2cc(OCCN(C)C)c(OC)cc2N1)N1C[C@@H]([C@@H](C)Cl)C2=C1C=C(O)C1CCCCCC21. The number of alkyl halides is 1. The minimum absolute atomic E-state index is 0.0280. The van der Waals surface area contributed by atoms with Gasteiger partial charge in [-0.25, -0.2) is 0 Å². The van der Waals surface area contributed by atoms with Crippen molar-refractivity contribution in [3.8, 4) is 11.5 Å². The fourth-order valence-corrected chi connectivity index (χ4v) is 6.89. The number of hydrogen-bond acceptors (Lipinski definition) is 6. The Morgan fingerprint density at radius 2 is 1.97 bits per heavy atom. The van der Waals surface area contributed by atoms with Crippen molar-refractivity contribution in [2.45, 2.75) is 56.9 Å². The fourth-order valence-electron chi connectivity index (χ4n) is 6.67. The summed E-state index contributed by atoms with van der Waals surface area (Å²) in [6.07, 6.45) is 8.69. The molecule has 6 nitrogen and oxygen atoms in total. The zero-order valence-electron chi connectivity index (χ0n) is 22.7. The van der Waals surface area contributed by atoms with E-state index in [1.807, 2.05) is 26.2 Å². The number of likely N-dealkylation sites (N-methyl/N-ethyl adjacent to an activating group) is 1. The van der Waals surface area contributed by atoms with Crippen LogP contribution in [-0.4, -0.2) is 67.2 Å². The highest BCUT2D eigenvalue weighted by molar-refractivity contribution is 6.20. The van der Waals surface area contributed by atoms with E-state index in [1.54, 1.807) is 7.11 Å². The molecule has 0 amide bonds. The topological polar surface area (TPSA) is 57.2 Å². The van der Waals surface area contributed by atoms with Crippen LogP contribution in [-0.2, 0) is 6.42 Å². The number of allylic oxidation sites excluding steroid dienone is 2. The lowest BCUT2D eigenvalue weighted by atomic mass is 9.73. The minimum Gasteiger partial charge on any atom is -0.512 e. The number of methoxy groups -OCH3 is 1. The molecule has 0 spiro atoms. The molecule has 1 fully saturated rings. The maximum atomic E-state index is 11.1. The van der Waals surface area contributed by atoms with E-state index in [4.69, 9.17) is 21.1 Å². The molecule has 3 unspecified atom stereocenters. The average molecular weight is 528 g/mol. The summed E-state index contributed by atoms with van der Waals surface area (Å²) in [7, 11) is 5.75. The molecule has 2 aliphatic heterocycles. The predicted molar refractivity (Wildman–Crippen MR) is 151 cm³/mol. The van der Waals surface area contributed by atoms with Gasteiger partial charge in [-0.3, -0.25) is 0 Å². The van der Waals surface area contributed by atoms with Gasteiger partial charge in [-0.2, -0.15) is 0 Å². The maximum Gasteiger partial charge on any atom is 0.162 e. The van der Waals surface area contributed by atoms with Gasteiger partial charge in [0.1, 0.15) is 6.61 Å². The number of fused-ring (bicyclic) bond motifs is 3. The van der Waals surface area contributed by atoms with Gasteiger partial charge in [0.2, 0.25) is 0 Å². The van der Waals surface area contributed by atoms with Crippen LogP contribution in [0.5, 0.6) is 11.5 Å². The van der Waals surface area contributed by atoms with Crippen LogP contribution < -0.4 is 14.8 Å². The molecule has 2 aliphatic carbocycles. The van der Waals surface area contributed by atoms with E-state index in [0.29, 0.717) is 18.3 Å². The Kier molecular flexibility index (Phi) is 7.69. The highest BCUT2D eigenvalue weighted by atomic mass is 35.5. The molecule has 2 heterocycles. The number of anilines is 1. The summed E-state index contributed by atoms with van der Waals surface area (Å²) in [5.74, 6) is 2.93. The van der Waals surface area contributed by atoms with Crippen LogP contribution in [0, 0.1) is 17.8 Å². The van der Waals surface area contributed by atoms with Gasteiger partial charge in [0.05, 0.1) is 18.9 Å². The van der Waals surface area contributed by atoms with E-state index < -0.39 is 0 Å². The average Bonchev–Trinajstić information content (AvgIpc) is 3.35. The zero-order chi connectivity index (χ0) is 26.3. The lowest BCUT2D eigenvalue weighted by Gasteiger charge is -2.34. The maximum absolute atomic E-state index is 11.1.